The fraction of sp³-hybridized carbons (Fsp3) is 0.692. The molecular formula is C13H18N2O2. The van der Waals surface area contributed by atoms with Crippen LogP contribution in [0.5, 0.6) is 0 Å². The summed E-state index contributed by atoms with van der Waals surface area (Å²) in [5, 5.41) is 2.82. The van der Waals surface area contributed by atoms with Crippen molar-refractivity contribution < 1.29 is 9.59 Å². The highest BCUT2D eigenvalue weighted by Crippen LogP contribution is 2.35. The van der Waals surface area contributed by atoms with E-state index in [0.717, 1.165) is 12.8 Å². The average Bonchev–Trinajstić information content (AvgIpc) is 3.08. The second-order valence-electron chi connectivity index (χ2n) is 5.33. The molecule has 1 saturated heterocycles. The van der Waals surface area contributed by atoms with Crippen LogP contribution in [0, 0.1) is 18.3 Å². The molecule has 4 heteroatoms. The van der Waals surface area contributed by atoms with E-state index in [1.165, 1.54) is 0 Å². The van der Waals surface area contributed by atoms with Crippen LogP contribution in [-0.4, -0.2) is 34.8 Å². The van der Waals surface area contributed by atoms with Gasteiger partial charge in [-0.05, 0) is 32.6 Å². The summed E-state index contributed by atoms with van der Waals surface area (Å²) in [5.41, 5.74) is -0.628. The molecule has 1 saturated carbocycles. The molecule has 0 radical (unpaired) electrons. The molecule has 0 aromatic heterocycles. The second-order valence-corrected chi connectivity index (χ2v) is 5.33. The SMILES string of the molecule is C#CC(C)(C)N1CCC(=O)NC(C2CC2)C1=O. The Kier molecular flexibility index (Phi) is 2.86. The predicted octanol–water partition coefficient (Wildman–Crippen LogP) is 0.525. The van der Waals surface area contributed by atoms with E-state index in [1.807, 2.05) is 13.8 Å². The Morgan fingerprint density at radius 2 is 2.06 bits per heavy atom. The standard InChI is InChI=1S/C13H18N2O2/c1-4-13(2,3)15-8-7-10(16)14-11(12(15)17)9-5-6-9/h1,9,11H,5-8H2,2-3H3,(H,14,16). The van der Waals surface area contributed by atoms with Crippen LogP contribution in [0.2, 0.25) is 0 Å². The molecule has 0 aromatic carbocycles. The van der Waals surface area contributed by atoms with Gasteiger partial charge in [0, 0.05) is 13.0 Å². The Hall–Kier alpha value is -1.50. The summed E-state index contributed by atoms with van der Waals surface area (Å²) >= 11 is 0. The number of hydrogen-bond acceptors (Lipinski definition) is 2. The normalized spacial score (nSPS) is 26.2. The van der Waals surface area contributed by atoms with Crippen molar-refractivity contribution in [2.45, 2.75) is 44.7 Å². The van der Waals surface area contributed by atoms with Crippen LogP contribution in [0.15, 0.2) is 0 Å². The van der Waals surface area contributed by atoms with Crippen molar-refractivity contribution in [1.29, 1.82) is 0 Å². The van der Waals surface area contributed by atoms with Crippen LogP contribution in [0.1, 0.15) is 33.1 Å². The van der Waals surface area contributed by atoms with Gasteiger partial charge in [0.1, 0.15) is 6.04 Å². The quantitative estimate of drug-likeness (QED) is 0.708. The number of nitrogens with zero attached hydrogens (tertiary/aromatic N) is 1. The Balaban J connectivity index is 2.24. The van der Waals surface area contributed by atoms with E-state index < -0.39 is 5.54 Å². The van der Waals surface area contributed by atoms with Crippen molar-refractivity contribution >= 4 is 11.8 Å². The molecule has 1 atom stereocenters. The lowest BCUT2D eigenvalue weighted by Crippen LogP contribution is -2.53. The van der Waals surface area contributed by atoms with Gasteiger partial charge in [-0.15, -0.1) is 6.42 Å². The molecule has 2 fully saturated rings. The predicted molar refractivity (Wildman–Crippen MR) is 63.9 cm³/mol. The summed E-state index contributed by atoms with van der Waals surface area (Å²) in [6.07, 6.45) is 7.84. The van der Waals surface area contributed by atoms with Gasteiger partial charge in [-0.1, -0.05) is 5.92 Å². The number of carbonyl (C=O) groups excluding carboxylic acids is 2. The van der Waals surface area contributed by atoms with E-state index in [-0.39, 0.29) is 17.9 Å². The zero-order chi connectivity index (χ0) is 12.6. The van der Waals surface area contributed by atoms with Crippen molar-refractivity contribution in [3.8, 4) is 12.3 Å². The number of rotatable bonds is 2. The zero-order valence-electron chi connectivity index (χ0n) is 10.3. The van der Waals surface area contributed by atoms with Gasteiger partial charge >= 0.3 is 0 Å². The van der Waals surface area contributed by atoms with Crippen molar-refractivity contribution in [3.05, 3.63) is 0 Å². The van der Waals surface area contributed by atoms with Crippen molar-refractivity contribution in [2.75, 3.05) is 6.54 Å². The van der Waals surface area contributed by atoms with Crippen LogP contribution >= 0.6 is 0 Å². The van der Waals surface area contributed by atoms with Gasteiger partial charge < -0.3 is 10.2 Å². The molecule has 17 heavy (non-hydrogen) atoms. The summed E-state index contributed by atoms with van der Waals surface area (Å²) in [6, 6.07) is -0.363. The number of hydrogen-bond donors (Lipinski definition) is 1. The van der Waals surface area contributed by atoms with E-state index in [4.69, 9.17) is 6.42 Å². The molecule has 92 valence electrons. The third kappa shape index (κ3) is 2.28. The number of terminal acetylenes is 1. The van der Waals surface area contributed by atoms with Gasteiger partial charge in [0.05, 0.1) is 5.54 Å². The average molecular weight is 234 g/mol. The maximum absolute atomic E-state index is 12.4. The first-order valence-corrected chi connectivity index (χ1v) is 6.04. The third-order valence-electron chi connectivity index (χ3n) is 3.53. The van der Waals surface area contributed by atoms with E-state index in [9.17, 15) is 9.59 Å². The second kappa shape index (κ2) is 4.06. The molecule has 0 spiro atoms. The molecule has 2 rings (SSSR count). The molecule has 0 aromatic rings. The fourth-order valence-corrected chi connectivity index (χ4v) is 2.18. The lowest BCUT2D eigenvalue weighted by molar-refractivity contribution is -0.137. The molecule has 4 nitrogen and oxygen atoms in total. The molecular weight excluding hydrogens is 216 g/mol. The molecule has 0 bridgehead atoms. The Bertz CT molecular complexity index is 391. The first-order chi connectivity index (χ1) is 7.95. The lowest BCUT2D eigenvalue weighted by atomic mass is 10.0. The summed E-state index contributed by atoms with van der Waals surface area (Å²) in [5.74, 6) is 2.86. The highest BCUT2D eigenvalue weighted by Gasteiger charge is 2.43. The zero-order valence-corrected chi connectivity index (χ0v) is 10.3. The van der Waals surface area contributed by atoms with Gasteiger partial charge in [0.15, 0.2) is 0 Å². The maximum Gasteiger partial charge on any atom is 0.246 e. The minimum absolute atomic E-state index is 0.0266. The smallest absolute Gasteiger partial charge is 0.246 e. The van der Waals surface area contributed by atoms with Gasteiger partial charge in [0.2, 0.25) is 11.8 Å². The minimum Gasteiger partial charge on any atom is -0.344 e. The van der Waals surface area contributed by atoms with Gasteiger partial charge in [-0.3, -0.25) is 9.59 Å². The van der Waals surface area contributed by atoms with E-state index >= 15 is 0 Å². The Labute approximate surface area is 102 Å². The molecule has 1 heterocycles. The minimum atomic E-state index is -0.628. The molecule has 2 amide bonds. The van der Waals surface area contributed by atoms with Crippen molar-refractivity contribution in [1.82, 2.24) is 10.2 Å². The van der Waals surface area contributed by atoms with Crippen LogP contribution < -0.4 is 5.32 Å². The van der Waals surface area contributed by atoms with Gasteiger partial charge in [0.25, 0.3) is 0 Å². The summed E-state index contributed by atoms with van der Waals surface area (Å²) in [4.78, 5) is 25.6. The molecule has 1 aliphatic heterocycles. The summed E-state index contributed by atoms with van der Waals surface area (Å²) in [7, 11) is 0. The number of nitrogens with one attached hydrogen (secondary N) is 1. The van der Waals surface area contributed by atoms with E-state index in [1.54, 1.807) is 4.90 Å². The molecule has 1 aliphatic carbocycles. The molecule has 1 unspecified atom stereocenters. The molecule has 1 N–H and O–H groups in total. The Morgan fingerprint density at radius 3 is 2.59 bits per heavy atom. The van der Waals surface area contributed by atoms with Crippen LogP contribution in [0.3, 0.4) is 0 Å². The first-order valence-electron chi connectivity index (χ1n) is 6.04. The van der Waals surface area contributed by atoms with Crippen molar-refractivity contribution in [3.63, 3.8) is 0 Å². The third-order valence-corrected chi connectivity index (χ3v) is 3.53. The summed E-state index contributed by atoms with van der Waals surface area (Å²) in [6.45, 7) is 4.08. The monoisotopic (exact) mass is 234 g/mol. The van der Waals surface area contributed by atoms with Crippen molar-refractivity contribution in [2.24, 2.45) is 5.92 Å². The number of carbonyl (C=O) groups is 2. The first kappa shape index (κ1) is 12.0. The highest BCUT2D eigenvalue weighted by molar-refractivity contribution is 5.91. The topological polar surface area (TPSA) is 49.4 Å². The largest absolute Gasteiger partial charge is 0.344 e. The lowest BCUT2D eigenvalue weighted by Gasteiger charge is -2.35. The fourth-order valence-electron chi connectivity index (χ4n) is 2.18. The van der Waals surface area contributed by atoms with Crippen LogP contribution in [0.25, 0.3) is 0 Å². The maximum atomic E-state index is 12.4. The van der Waals surface area contributed by atoms with Gasteiger partial charge in [-0.25, -0.2) is 0 Å². The molecule has 2 aliphatic rings. The van der Waals surface area contributed by atoms with Gasteiger partial charge in [-0.2, -0.15) is 0 Å². The number of amides is 2. The summed E-state index contributed by atoms with van der Waals surface area (Å²) < 4.78 is 0. The van der Waals surface area contributed by atoms with Crippen LogP contribution in [-0.2, 0) is 9.59 Å². The van der Waals surface area contributed by atoms with E-state index in [0.29, 0.717) is 18.9 Å². The van der Waals surface area contributed by atoms with E-state index in [2.05, 4.69) is 11.2 Å². The van der Waals surface area contributed by atoms with Crippen LogP contribution in [0.4, 0.5) is 0 Å². The highest BCUT2D eigenvalue weighted by atomic mass is 16.2. The Morgan fingerprint density at radius 1 is 1.41 bits per heavy atom.